The maximum absolute atomic E-state index is 13.5. The van der Waals surface area contributed by atoms with Gasteiger partial charge in [0, 0.05) is 42.2 Å². The van der Waals surface area contributed by atoms with Gasteiger partial charge in [-0.25, -0.2) is 26.4 Å². The highest BCUT2D eigenvalue weighted by Gasteiger charge is 2.27. The molecular weight excluding hydrogens is 665 g/mol. The fourth-order valence-electron chi connectivity index (χ4n) is 6.07. The number of carbonyl (C=O) groups is 1. The molecule has 3 N–H and O–H groups in total. The number of sulfone groups is 2. The summed E-state index contributed by atoms with van der Waals surface area (Å²) < 4.78 is 56.2. The number of nitrogens with two attached hydrogens (primary N) is 1. The molecule has 11 nitrogen and oxygen atoms in total. The third kappa shape index (κ3) is 9.38. The molecule has 1 aromatic heterocycles. The van der Waals surface area contributed by atoms with Crippen molar-refractivity contribution in [3.63, 3.8) is 0 Å². The van der Waals surface area contributed by atoms with Crippen molar-refractivity contribution in [2.75, 3.05) is 31.3 Å². The minimum absolute atomic E-state index is 0.120. The number of anilines is 1. The number of rotatable bonds is 12. The van der Waals surface area contributed by atoms with E-state index in [1.807, 2.05) is 26.0 Å². The monoisotopic (exact) mass is 708 g/mol. The molecule has 0 bridgehead atoms. The Morgan fingerprint density at radius 1 is 0.898 bits per heavy atom. The molecule has 49 heavy (non-hydrogen) atoms. The number of isocyanates is 1. The van der Waals surface area contributed by atoms with Gasteiger partial charge in [-0.2, -0.15) is 4.99 Å². The van der Waals surface area contributed by atoms with Crippen molar-refractivity contribution in [2.45, 2.75) is 75.7 Å². The molecule has 0 fully saturated rings. The maximum Gasteiger partial charge on any atom is 0.410 e. The number of fused-ring (bicyclic) bond motifs is 1. The van der Waals surface area contributed by atoms with Gasteiger partial charge in [0.2, 0.25) is 6.08 Å². The first kappa shape index (κ1) is 37.4. The molecule has 4 rings (SSSR count). The molecule has 0 unspecified atom stereocenters. The highest BCUT2D eigenvalue weighted by Crippen LogP contribution is 2.35. The summed E-state index contributed by atoms with van der Waals surface area (Å²) in [4.78, 5) is 32.8. The Morgan fingerprint density at radius 3 is 2.14 bits per heavy atom. The lowest BCUT2D eigenvalue weighted by Crippen LogP contribution is -2.38. The van der Waals surface area contributed by atoms with Crippen molar-refractivity contribution in [2.24, 2.45) is 4.99 Å². The van der Waals surface area contributed by atoms with Crippen LogP contribution in [0.1, 0.15) is 55.9 Å². The number of aryl methyl sites for hydroxylation is 3. The molecule has 0 saturated carbocycles. The molecule has 0 radical (unpaired) electrons. The van der Waals surface area contributed by atoms with Crippen molar-refractivity contribution < 1.29 is 31.2 Å². The molecule has 0 saturated heterocycles. The van der Waals surface area contributed by atoms with Gasteiger partial charge in [-0.05, 0) is 113 Å². The summed E-state index contributed by atoms with van der Waals surface area (Å²) in [5.41, 5.74) is 11.8. The van der Waals surface area contributed by atoms with Crippen molar-refractivity contribution in [1.82, 2.24) is 9.88 Å². The first-order valence-electron chi connectivity index (χ1n) is 15.9. The van der Waals surface area contributed by atoms with Gasteiger partial charge in [-0.3, -0.25) is 0 Å². The second kappa shape index (κ2) is 14.6. The highest BCUT2D eigenvalue weighted by atomic mass is 32.2. The van der Waals surface area contributed by atoms with Crippen molar-refractivity contribution >= 4 is 54.1 Å². The summed E-state index contributed by atoms with van der Waals surface area (Å²) in [5, 5.41) is 0.869. The lowest BCUT2D eigenvalue weighted by Gasteiger charge is -2.27. The minimum Gasteiger partial charge on any atom is -0.444 e. The van der Waals surface area contributed by atoms with E-state index in [0.717, 1.165) is 51.4 Å². The van der Waals surface area contributed by atoms with Gasteiger partial charge in [0.15, 0.2) is 19.7 Å². The average molecular weight is 709 g/mol. The number of ether oxygens (including phenoxy) is 1. The molecule has 262 valence electrons. The van der Waals surface area contributed by atoms with Gasteiger partial charge in [0.1, 0.15) is 10.5 Å². The Kier molecular flexibility index (Phi) is 11.1. The number of nitrogen functional groups attached to an aromatic ring is 1. The number of H-pyrrole nitrogens is 1. The molecule has 0 aliphatic heterocycles. The zero-order valence-electron chi connectivity index (χ0n) is 29.0. The van der Waals surface area contributed by atoms with E-state index in [0.29, 0.717) is 43.6 Å². The number of amides is 1. The molecule has 1 heterocycles. The molecule has 1 amide bonds. The van der Waals surface area contributed by atoms with Crippen LogP contribution in [0, 0.1) is 13.8 Å². The molecule has 0 spiro atoms. The van der Waals surface area contributed by atoms with E-state index in [1.54, 1.807) is 43.9 Å². The Balaban J connectivity index is 1.64. The second-order valence-electron chi connectivity index (χ2n) is 13.5. The van der Waals surface area contributed by atoms with E-state index in [-0.39, 0.29) is 21.9 Å². The maximum atomic E-state index is 13.5. The topological polar surface area (TPSA) is 169 Å². The van der Waals surface area contributed by atoms with Gasteiger partial charge >= 0.3 is 6.09 Å². The molecular formula is C36H44N4O7S2. The van der Waals surface area contributed by atoms with Crippen LogP contribution in [0.15, 0.2) is 63.3 Å². The minimum atomic E-state index is -3.92. The predicted molar refractivity (Wildman–Crippen MR) is 193 cm³/mol. The zero-order chi connectivity index (χ0) is 36.3. The normalized spacial score (nSPS) is 12.1. The number of hydrogen-bond acceptors (Lipinski definition) is 9. The average Bonchev–Trinajstić information content (AvgIpc) is 3.32. The van der Waals surface area contributed by atoms with Crippen LogP contribution in [0.5, 0.6) is 0 Å². The number of aliphatic imine (C=N–C) groups is 1. The fraction of sp³-hybridized carbons (Fsp3) is 0.389. The van der Waals surface area contributed by atoms with Crippen LogP contribution in [-0.4, -0.2) is 70.1 Å². The Hall–Kier alpha value is -4.45. The fourth-order valence-corrected chi connectivity index (χ4v) is 9.05. The zero-order valence-corrected chi connectivity index (χ0v) is 30.6. The Labute approximate surface area is 288 Å². The standard InChI is InChI=1S/C36H44N4O7S2/c1-23-18-24(2)20-26(19-23)32-28(29-21-27(38-22-41)12-14-31(29)39-32)15-17-40(35(42)47-36(3,4)5)16-9-8-10-25-11-13-30(37)34(49(7,45)46)33(25)48(6,43)44/h11-14,18-21,39H,8-10,15-17,37H2,1-7H3. The lowest BCUT2D eigenvalue weighted by molar-refractivity contribution is 0.0249. The number of benzene rings is 3. The number of aromatic amines is 1. The van der Waals surface area contributed by atoms with Gasteiger partial charge in [-0.1, -0.05) is 23.3 Å². The third-order valence-corrected chi connectivity index (χ3v) is 10.5. The molecule has 13 heteroatoms. The van der Waals surface area contributed by atoms with E-state index in [9.17, 15) is 26.4 Å². The molecule has 0 atom stereocenters. The predicted octanol–water partition coefficient (Wildman–Crippen LogP) is 6.61. The number of nitrogens with one attached hydrogen (secondary N) is 1. The van der Waals surface area contributed by atoms with Crippen LogP contribution in [0.25, 0.3) is 22.2 Å². The SMILES string of the molecule is Cc1cc(C)cc(-c2[nH]c3ccc(N=C=O)cc3c2CCN(CCCCc2ccc(N)c(S(C)(=O)=O)c2S(C)(=O)=O)C(=O)OC(C)(C)C)c1. The molecule has 4 aromatic rings. The molecule has 0 aliphatic rings. The number of aromatic nitrogens is 1. The first-order chi connectivity index (χ1) is 22.8. The van der Waals surface area contributed by atoms with E-state index in [4.69, 9.17) is 10.5 Å². The highest BCUT2D eigenvalue weighted by molar-refractivity contribution is 7.94. The summed E-state index contributed by atoms with van der Waals surface area (Å²) in [7, 11) is -7.85. The van der Waals surface area contributed by atoms with Crippen LogP contribution in [0.4, 0.5) is 16.2 Å². The first-order valence-corrected chi connectivity index (χ1v) is 19.7. The number of hydrogen-bond donors (Lipinski definition) is 2. The van der Waals surface area contributed by atoms with Gasteiger partial charge < -0.3 is 20.4 Å². The van der Waals surface area contributed by atoms with Gasteiger partial charge in [-0.15, -0.1) is 0 Å². The van der Waals surface area contributed by atoms with Crippen LogP contribution in [0.2, 0.25) is 0 Å². The number of carbonyl (C=O) groups excluding carboxylic acids is 2. The Bertz CT molecular complexity index is 2140. The van der Waals surface area contributed by atoms with E-state index < -0.39 is 31.4 Å². The quantitative estimate of drug-likeness (QED) is 0.0717. The van der Waals surface area contributed by atoms with Gasteiger partial charge in [0.05, 0.1) is 16.3 Å². The van der Waals surface area contributed by atoms with Gasteiger partial charge in [0.25, 0.3) is 0 Å². The second-order valence-corrected chi connectivity index (χ2v) is 17.4. The lowest BCUT2D eigenvalue weighted by atomic mass is 9.99. The molecule has 0 aliphatic carbocycles. The summed E-state index contributed by atoms with van der Waals surface area (Å²) in [5.74, 6) is 0. The van der Waals surface area contributed by atoms with Crippen molar-refractivity contribution in [1.29, 1.82) is 0 Å². The smallest absolute Gasteiger partial charge is 0.410 e. The number of unbranched alkanes of at least 4 members (excludes halogenated alkanes) is 1. The van der Waals surface area contributed by atoms with Crippen LogP contribution in [0.3, 0.4) is 0 Å². The van der Waals surface area contributed by atoms with Crippen LogP contribution >= 0.6 is 0 Å². The summed E-state index contributed by atoms with van der Waals surface area (Å²) in [6, 6.07) is 14.7. The van der Waals surface area contributed by atoms with E-state index >= 15 is 0 Å². The largest absolute Gasteiger partial charge is 0.444 e. The van der Waals surface area contributed by atoms with E-state index in [1.165, 1.54) is 6.07 Å². The molecule has 3 aromatic carbocycles. The Morgan fingerprint density at radius 2 is 1.55 bits per heavy atom. The van der Waals surface area contributed by atoms with E-state index in [2.05, 4.69) is 28.2 Å². The van der Waals surface area contributed by atoms with Crippen LogP contribution < -0.4 is 5.73 Å². The van der Waals surface area contributed by atoms with Crippen molar-refractivity contribution in [3.05, 3.63) is 70.8 Å². The number of nitrogens with zero attached hydrogens (tertiary/aromatic N) is 2. The van der Waals surface area contributed by atoms with Crippen molar-refractivity contribution in [3.8, 4) is 11.3 Å². The summed E-state index contributed by atoms with van der Waals surface area (Å²) in [6.45, 7) is 10.1. The summed E-state index contributed by atoms with van der Waals surface area (Å²) >= 11 is 0. The summed E-state index contributed by atoms with van der Waals surface area (Å²) in [6.07, 6.45) is 4.66. The third-order valence-electron chi connectivity index (χ3n) is 7.95. The van der Waals surface area contributed by atoms with Crippen LogP contribution in [-0.2, 0) is 42.0 Å².